The van der Waals surface area contributed by atoms with Crippen molar-refractivity contribution < 1.29 is 13.2 Å². The maximum Gasteiger partial charge on any atom is 0.238 e. The molecule has 3 N–H and O–H groups in total. The van der Waals surface area contributed by atoms with Crippen LogP contribution in [0.25, 0.3) is 0 Å². The van der Waals surface area contributed by atoms with Crippen molar-refractivity contribution >= 4 is 15.7 Å². The minimum Gasteiger partial charge on any atom is -0.482 e. The Balaban J connectivity index is 1.90. The highest BCUT2D eigenvalue weighted by molar-refractivity contribution is 7.89. The van der Waals surface area contributed by atoms with Crippen molar-refractivity contribution in [2.24, 2.45) is 5.14 Å². The summed E-state index contributed by atoms with van der Waals surface area (Å²) < 4.78 is 28.5. The lowest BCUT2D eigenvalue weighted by Crippen LogP contribution is -2.24. The maximum absolute atomic E-state index is 11.3. The van der Waals surface area contributed by atoms with Crippen LogP contribution in [0, 0.1) is 0 Å². The molecule has 104 valence electrons. The zero-order valence-electron chi connectivity index (χ0n) is 10.6. The van der Waals surface area contributed by atoms with Crippen LogP contribution in [-0.2, 0) is 10.0 Å². The molecule has 6 heteroatoms. The lowest BCUT2D eigenvalue weighted by Gasteiger charge is -2.28. The number of benzene rings is 2. The highest BCUT2D eigenvalue weighted by Gasteiger charge is 2.22. The summed E-state index contributed by atoms with van der Waals surface area (Å²) >= 11 is 0. The first-order chi connectivity index (χ1) is 9.54. The van der Waals surface area contributed by atoms with Crippen molar-refractivity contribution in [2.75, 3.05) is 11.9 Å². The molecule has 1 aliphatic heterocycles. The minimum atomic E-state index is -3.70. The lowest BCUT2D eigenvalue weighted by molar-refractivity contribution is 0.210. The number of ether oxygens (including phenoxy) is 1. The fraction of sp³-hybridized carbons (Fsp3) is 0.143. The van der Waals surface area contributed by atoms with E-state index in [1.807, 2.05) is 30.3 Å². The molecule has 20 heavy (non-hydrogen) atoms. The molecule has 0 saturated heterocycles. The molecular formula is C14H14N2O3S. The van der Waals surface area contributed by atoms with E-state index in [2.05, 4.69) is 5.32 Å². The Morgan fingerprint density at radius 1 is 1.15 bits per heavy atom. The number of anilines is 1. The van der Waals surface area contributed by atoms with Gasteiger partial charge in [0.25, 0.3) is 0 Å². The van der Waals surface area contributed by atoms with Crippen LogP contribution >= 0.6 is 0 Å². The van der Waals surface area contributed by atoms with E-state index in [4.69, 9.17) is 9.88 Å². The number of nitrogens with two attached hydrogens (primary N) is 1. The largest absolute Gasteiger partial charge is 0.482 e. The third kappa shape index (κ3) is 2.48. The highest BCUT2D eigenvalue weighted by Crippen LogP contribution is 2.35. The predicted octanol–water partition coefficient (Wildman–Crippen LogP) is 1.88. The van der Waals surface area contributed by atoms with E-state index in [-0.39, 0.29) is 11.0 Å². The van der Waals surface area contributed by atoms with Gasteiger partial charge in [-0.3, -0.25) is 0 Å². The van der Waals surface area contributed by atoms with Crippen LogP contribution in [0.4, 0.5) is 5.69 Å². The van der Waals surface area contributed by atoms with Gasteiger partial charge in [-0.15, -0.1) is 0 Å². The second-order valence-corrected chi connectivity index (χ2v) is 6.16. The average molecular weight is 290 g/mol. The second kappa shape index (κ2) is 4.81. The average Bonchev–Trinajstić information content (AvgIpc) is 2.46. The van der Waals surface area contributed by atoms with Gasteiger partial charge >= 0.3 is 0 Å². The summed E-state index contributed by atoms with van der Waals surface area (Å²) in [5.74, 6) is 0.623. The zero-order valence-corrected chi connectivity index (χ0v) is 11.4. The van der Waals surface area contributed by atoms with Crippen LogP contribution in [0.3, 0.4) is 0 Å². The van der Waals surface area contributed by atoms with Crippen molar-refractivity contribution in [3.05, 3.63) is 54.1 Å². The van der Waals surface area contributed by atoms with Crippen LogP contribution in [0.2, 0.25) is 0 Å². The minimum absolute atomic E-state index is 0.0745. The van der Waals surface area contributed by atoms with E-state index < -0.39 is 10.0 Å². The number of sulfonamides is 1. The van der Waals surface area contributed by atoms with Crippen LogP contribution in [0.1, 0.15) is 11.7 Å². The summed E-state index contributed by atoms with van der Waals surface area (Å²) in [7, 11) is -3.70. The number of rotatable bonds is 2. The number of fused-ring (bicyclic) bond motifs is 1. The molecule has 0 bridgehead atoms. The van der Waals surface area contributed by atoms with E-state index >= 15 is 0 Å². The number of nitrogens with one attached hydrogen (secondary N) is 1. The normalized spacial score (nSPS) is 17.8. The molecule has 0 spiro atoms. The highest BCUT2D eigenvalue weighted by atomic mass is 32.2. The molecule has 0 amide bonds. The molecule has 1 atom stereocenters. The maximum atomic E-state index is 11.3. The van der Waals surface area contributed by atoms with Gasteiger partial charge in [0.05, 0.1) is 17.1 Å². The zero-order chi connectivity index (χ0) is 14.2. The lowest BCUT2D eigenvalue weighted by atomic mass is 10.1. The SMILES string of the molecule is NS(=O)(=O)c1ccc2c(c1)NCC(c1ccccc1)O2. The number of hydrogen-bond acceptors (Lipinski definition) is 4. The van der Waals surface area contributed by atoms with Crippen LogP contribution in [0.5, 0.6) is 5.75 Å². The smallest absolute Gasteiger partial charge is 0.238 e. The molecule has 1 aliphatic rings. The summed E-state index contributed by atoms with van der Waals surface area (Å²) in [6.07, 6.45) is -0.0935. The molecule has 0 fully saturated rings. The summed E-state index contributed by atoms with van der Waals surface area (Å²) in [5.41, 5.74) is 1.71. The molecule has 0 aliphatic carbocycles. The first-order valence-corrected chi connectivity index (χ1v) is 7.71. The Kier molecular flexibility index (Phi) is 3.11. The first-order valence-electron chi connectivity index (χ1n) is 6.16. The van der Waals surface area contributed by atoms with Gasteiger partial charge < -0.3 is 10.1 Å². The van der Waals surface area contributed by atoms with Gasteiger partial charge in [0.1, 0.15) is 11.9 Å². The molecule has 2 aromatic rings. The standard InChI is InChI=1S/C14H14N2O3S/c15-20(17,18)11-6-7-13-12(8-11)16-9-14(19-13)10-4-2-1-3-5-10/h1-8,14,16H,9H2,(H2,15,17,18). The second-order valence-electron chi connectivity index (χ2n) is 4.60. The van der Waals surface area contributed by atoms with Gasteiger partial charge in [-0.1, -0.05) is 30.3 Å². The Labute approximate surface area is 117 Å². The topological polar surface area (TPSA) is 81.4 Å². The Bertz CT molecular complexity index is 729. The van der Waals surface area contributed by atoms with Gasteiger partial charge in [-0.2, -0.15) is 0 Å². The Hall–Kier alpha value is -2.05. The van der Waals surface area contributed by atoms with Crippen molar-refractivity contribution in [3.63, 3.8) is 0 Å². The molecule has 0 saturated carbocycles. The van der Waals surface area contributed by atoms with Crippen LogP contribution in [0.15, 0.2) is 53.4 Å². The third-order valence-electron chi connectivity index (χ3n) is 3.20. The summed E-state index contributed by atoms with van der Waals surface area (Å²) in [6.45, 7) is 0.574. The van der Waals surface area contributed by atoms with E-state index in [1.165, 1.54) is 12.1 Å². The van der Waals surface area contributed by atoms with Crippen LogP contribution < -0.4 is 15.2 Å². The monoisotopic (exact) mass is 290 g/mol. The molecule has 1 unspecified atom stereocenters. The van der Waals surface area contributed by atoms with Gasteiger partial charge in [0, 0.05) is 0 Å². The molecule has 2 aromatic carbocycles. The molecule has 0 radical (unpaired) electrons. The number of hydrogen-bond donors (Lipinski definition) is 2. The predicted molar refractivity (Wildman–Crippen MR) is 76.1 cm³/mol. The fourth-order valence-electron chi connectivity index (χ4n) is 2.18. The molecule has 5 nitrogen and oxygen atoms in total. The molecule has 1 heterocycles. The van der Waals surface area contributed by atoms with E-state index in [0.29, 0.717) is 18.0 Å². The van der Waals surface area contributed by atoms with Gasteiger partial charge in [0.15, 0.2) is 0 Å². The van der Waals surface area contributed by atoms with Gasteiger partial charge in [0.2, 0.25) is 10.0 Å². The molecule has 3 rings (SSSR count). The quantitative estimate of drug-likeness (QED) is 0.885. The summed E-state index contributed by atoms with van der Waals surface area (Å²) in [4.78, 5) is 0.0745. The van der Waals surface area contributed by atoms with Crippen molar-refractivity contribution in [1.29, 1.82) is 0 Å². The van der Waals surface area contributed by atoms with Crippen molar-refractivity contribution in [1.82, 2.24) is 0 Å². The number of primary sulfonamides is 1. The third-order valence-corrected chi connectivity index (χ3v) is 4.11. The Morgan fingerprint density at radius 2 is 1.90 bits per heavy atom. The Morgan fingerprint density at radius 3 is 2.60 bits per heavy atom. The summed E-state index contributed by atoms with van der Waals surface area (Å²) in [6, 6.07) is 14.4. The van der Waals surface area contributed by atoms with Gasteiger partial charge in [-0.05, 0) is 23.8 Å². The van der Waals surface area contributed by atoms with E-state index in [1.54, 1.807) is 6.07 Å². The molecular weight excluding hydrogens is 276 g/mol. The van der Waals surface area contributed by atoms with Gasteiger partial charge in [-0.25, -0.2) is 13.6 Å². The molecule has 0 aromatic heterocycles. The van der Waals surface area contributed by atoms with Crippen molar-refractivity contribution in [2.45, 2.75) is 11.0 Å². The van der Waals surface area contributed by atoms with E-state index in [0.717, 1.165) is 5.56 Å². The van der Waals surface area contributed by atoms with E-state index in [9.17, 15) is 8.42 Å². The summed E-state index contributed by atoms with van der Waals surface area (Å²) in [5, 5.41) is 8.29. The fourth-order valence-corrected chi connectivity index (χ4v) is 2.72. The van der Waals surface area contributed by atoms with Crippen LogP contribution in [-0.4, -0.2) is 15.0 Å². The first kappa shape index (κ1) is 13.0. The van der Waals surface area contributed by atoms with Crippen molar-refractivity contribution in [3.8, 4) is 5.75 Å².